The lowest BCUT2D eigenvalue weighted by atomic mass is 10.1. The number of hydrogen-bond donors (Lipinski definition) is 3. The van der Waals surface area contributed by atoms with Gasteiger partial charge in [-0.1, -0.05) is 57.9 Å². The normalized spacial score (nSPS) is 11.5. The molecule has 0 saturated heterocycles. The van der Waals surface area contributed by atoms with Gasteiger partial charge in [-0.25, -0.2) is 0 Å². The standard InChI is InChI=1S/C31H22BrClF3N3O3S/c32-21-8-4-5-19(15-21)16-27(39-29(41)20-6-2-1-3-7-20)30(42)37-23-10-12-24(13-11-23)43-18-28(40)38-26-14-9-22(33)17-25(26)31(34,35)36/h1-17H,18H2,(H,37,42)(H,38,40)(H,39,41)/b27-16-. The smallest absolute Gasteiger partial charge is 0.325 e. The molecule has 0 aliphatic heterocycles. The van der Waals surface area contributed by atoms with Crippen LogP contribution < -0.4 is 16.0 Å². The van der Waals surface area contributed by atoms with E-state index in [1.807, 2.05) is 6.07 Å². The molecule has 0 spiro atoms. The van der Waals surface area contributed by atoms with E-state index in [4.69, 9.17) is 11.6 Å². The number of anilines is 2. The van der Waals surface area contributed by atoms with Crippen LogP contribution in [0, 0.1) is 0 Å². The van der Waals surface area contributed by atoms with Crippen LogP contribution in [0.4, 0.5) is 24.5 Å². The molecule has 3 amide bonds. The maximum Gasteiger partial charge on any atom is 0.418 e. The largest absolute Gasteiger partial charge is 0.418 e. The first kappa shape index (κ1) is 31.9. The number of benzene rings is 4. The van der Waals surface area contributed by atoms with E-state index in [-0.39, 0.29) is 22.2 Å². The van der Waals surface area contributed by atoms with Crippen LogP contribution in [0.1, 0.15) is 21.5 Å². The number of carbonyl (C=O) groups is 3. The highest BCUT2D eigenvalue weighted by molar-refractivity contribution is 9.10. The Bertz CT molecular complexity index is 1670. The van der Waals surface area contributed by atoms with Gasteiger partial charge in [0.1, 0.15) is 5.70 Å². The summed E-state index contributed by atoms with van der Waals surface area (Å²) >= 11 is 10.2. The van der Waals surface area contributed by atoms with Crippen LogP contribution in [0.2, 0.25) is 5.02 Å². The molecule has 4 aromatic carbocycles. The molecule has 4 rings (SSSR count). The number of carbonyl (C=O) groups excluding carboxylic acids is 3. The Morgan fingerprint density at radius 2 is 1.58 bits per heavy atom. The summed E-state index contributed by atoms with van der Waals surface area (Å²) in [5.41, 5.74) is 0.0789. The molecule has 0 bridgehead atoms. The maximum atomic E-state index is 13.3. The molecule has 0 heterocycles. The summed E-state index contributed by atoms with van der Waals surface area (Å²) in [7, 11) is 0. The van der Waals surface area contributed by atoms with E-state index in [2.05, 4.69) is 31.9 Å². The van der Waals surface area contributed by atoms with Gasteiger partial charge in [0.05, 0.1) is 17.0 Å². The average Bonchev–Trinajstić information content (AvgIpc) is 2.97. The van der Waals surface area contributed by atoms with Gasteiger partial charge >= 0.3 is 6.18 Å². The van der Waals surface area contributed by atoms with Crippen molar-refractivity contribution in [2.24, 2.45) is 0 Å². The van der Waals surface area contributed by atoms with Crippen LogP contribution in [0.15, 0.2) is 112 Å². The van der Waals surface area contributed by atoms with E-state index in [9.17, 15) is 27.6 Å². The third-order valence-corrected chi connectivity index (χ3v) is 7.47. The summed E-state index contributed by atoms with van der Waals surface area (Å²) in [6.07, 6.45) is -3.13. The molecule has 0 aliphatic rings. The Morgan fingerprint density at radius 1 is 0.860 bits per heavy atom. The molecule has 43 heavy (non-hydrogen) atoms. The van der Waals surface area contributed by atoms with E-state index in [1.165, 1.54) is 6.07 Å². The van der Waals surface area contributed by atoms with Crippen LogP contribution >= 0.6 is 39.3 Å². The molecule has 0 radical (unpaired) electrons. The minimum absolute atomic E-state index is 0.0162. The topological polar surface area (TPSA) is 87.3 Å². The van der Waals surface area contributed by atoms with Gasteiger partial charge in [0, 0.05) is 25.6 Å². The monoisotopic (exact) mass is 687 g/mol. The Hall–Kier alpha value is -4.06. The predicted octanol–water partition coefficient (Wildman–Crippen LogP) is 8.26. The Labute approximate surface area is 262 Å². The lowest BCUT2D eigenvalue weighted by Gasteiger charge is -2.14. The quantitative estimate of drug-likeness (QED) is 0.122. The first-order chi connectivity index (χ1) is 20.5. The fourth-order valence-electron chi connectivity index (χ4n) is 3.73. The number of nitrogens with one attached hydrogen (secondary N) is 3. The molecular formula is C31H22BrClF3N3O3S. The first-order valence-electron chi connectivity index (χ1n) is 12.5. The molecule has 220 valence electrons. The van der Waals surface area contributed by atoms with Crippen molar-refractivity contribution in [2.75, 3.05) is 16.4 Å². The molecule has 12 heteroatoms. The van der Waals surface area contributed by atoms with Crippen molar-refractivity contribution in [1.82, 2.24) is 5.32 Å². The maximum absolute atomic E-state index is 13.3. The highest BCUT2D eigenvalue weighted by Crippen LogP contribution is 2.36. The van der Waals surface area contributed by atoms with Crippen LogP contribution in [0.5, 0.6) is 0 Å². The summed E-state index contributed by atoms with van der Waals surface area (Å²) in [6, 6.07) is 25.3. The van der Waals surface area contributed by atoms with E-state index in [0.29, 0.717) is 21.7 Å². The van der Waals surface area contributed by atoms with Crippen molar-refractivity contribution in [2.45, 2.75) is 11.1 Å². The number of alkyl halides is 3. The van der Waals surface area contributed by atoms with Crippen molar-refractivity contribution >= 4 is 74.5 Å². The second kappa shape index (κ2) is 14.4. The third-order valence-electron chi connectivity index (χ3n) is 5.73. The molecule has 0 saturated carbocycles. The summed E-state index contributed by atoms with van der Waals surface area (Å²) in [4.78, 5) is 39.0. The lowest BCUT2D eigenvalue weighted by Crippen LogP contribution is -2.30. The summed E-state index contributed by atoms with van der Waals surface area (Å²) < 4.78 is 40.7. The summed E-state index contributed by atoms with van der Waals surface area (Å²) in [5.74, 6) is -1.81. The van der Waals surface area contributed by atoms with Gasteiger partial charge in [0.2, 0.25) is 5.91 Å². The zero-order valence-electron chi connectivity index (χ0n) is 22.0. The van der Waals surface area contributed by atoms with E-state index < -0.39 is 29.5 Å². The van der Waals surface area contributed by atoms with Crippen molar-refractivity contribution in [3.8, 4) is 0 Å². The summed E-state index contributed by atoms with van der Waals surface area (Å²) in [5, 5.41) is 7.59. The number of rotatable bonds is 9. The average molecular weight is 689 g/mol. The SMILES string of the molecule is O=C(CSc1ccc(NC(=O)/C(=C/c2cccc(Br)c2)NC(=O)c2ccccc2)cc1)Nc1ccc(Cl)cc1C(F)(F)F. The minimum atomic E-state index is -4.68. The molecule has 6 nitrogen and oxygen atoms in total. The molecular weight excluding hydrogens is 667 g/mol. The zero-order valence-corrected chi connectivity index (χ0v) is 25.2. The van der Waals surface area contributed by atoms with E-state index in [0.717, 1.165) is 28.4 Å². The highest BCUT2D eigenvalue weighted by atomic mass is 79.9. The van der Waals surface area contributed by atoms with Gasteiger partial charge in [0.25, 0.3) is 11.8 Å². The second-order valence-electron chi connectivity index (χ2n) is 8.94. The molecule has 0 fully saturated rings. The van der Waals surface area contributed by atoms with Crippen LogP contribution in [0.3, 0.4) is 0 Å². The molecule has 4 aromatic rings. The van der Waals surface area contributed by atoms with Crippen LogP contribution in [-0.2, 0) is 15.8 Å². The van der Waals surface area contributed by atoms with Gasteiger partial charge in [-0.2, -0.15) is 13.2 Å². The van der Waals surface area contributed by atoms with E-state index >= 15 is 0 Å². The number of hydrogen-bond acceptors (Lipinski definition) is 4. The zero-order chi connectivity index (χ0) is 31.0. The van der Waals surface area contributed by atoms with Crippen molar-refractivity contribution in [1.29, 1.82) is 0 Å². The van der Waals surface area contributed by atoms with Crippen molar-refractivity contribution in [3.63, 3.8) is 0 Å². The first-order valence-corrected chi connectivity index (χ1v) is 14.7. The number of amides is 3. The lowest BCUT2D eigenvalue weighted by molar-refractivity contribution is -0.137. The molecule has 0 unspecified atom stereocenters. The minimum Gasteiger partial charge on any atom is -0.325 e. The molecule has 0 atom stereocenters. The molecule has 3 N–H and O–H groups in total. The highest BCUT2D eigenvalue weighted by Gasteiger charge is 2.34. The van der Waals surface area contributed by atoms with Gasteiger partial charge in [-0.3, -0.25) is 14.4 Å². The van der Waals surface area contributed by atoms with Crippen LogP contribution in [-0.4, -0.2) is 23.5 Å². The third kappa shape index (κ3) is 9.47. The Morgan fingerprint density at radius 3 is 2.26 bits per heavy atom. The predicted molar refractivity (Wildman–Crippen MR) is 167 cm³/mol. The Kier molecular flexibility index (Phi) is 10.7. The Balaban J connectivity index is 1.41. The van der Waals surface area contributed by atoms with Gasteiger partial charge < -0.3 is 16.0 Å². The van der Waals surface area contributed by atoms with Crippen molar-refractivity contribution in [3.05, 3.63) is 129 Å². The van der Waals surface area contributed by atoms with Crippen molar-refractivity contribution < 1.29 is 27.6 Å². The van der Waals surface area contributed by atoms with Gasteiger partial charge in [-0.05, 0) is 78.4 Å². The fourth-order valence-corrected chi connectivity index (χ4v) is 5.02. The number of halogens is 5. The number of thioether (sulfide) groups is 1. The molecule has 0 aromatic heterocycles. The van der Waals surface area contributed by atoms with Crippen LogP contribution in [0.25, 0.3) is 6.08 Å². The summed E-state index contributed by atoms with van der Waals surface area (Å²) in [6.45, 7) is 0. The van der Waals surface area contributed by atoms with Gasteiger partial charge in [0.15, 0.2) is 0 Å². The molecule has 0 aliphatic carbocycles. The second-order valence-corrected chi connectivity index (χ2v) is 11.3. The van der Waals surface area contributed by atoms with E-state index in [1.54, 1.807) is 78.9 Å². The fraction of sp³-hybridized carbons (Fsp3) is 0.0645. The van der Waals surface area contributed by atoms with Gasteiger partial charge in [-0.15, -0.1) is 11.8 Å².